The second-order valence-electron chi connectivity index (χ2n) is 19.1. The fourth-order valence-electron chi connectivity index (χ4n) is 7.86. The molecule has 0 spiro atoms. The predicted octanol–water partition coefficient (Wildman–Crippen LogP) is 2.29. The van der Waals surface area contributed by atoms with E-state index in [1.54, 1.807) is 58.0 Å². The number of ketones is 1. The average Bonchev–Trinajstić information content (AvgIpc) is 4.05. The number of hydrazine groups is 1. The molecule has 8 rings (SSSR count). The van der Waals surface area contributed by atoms with E-state index in [2.05, 4.69) is 65.3 Å². The maximum absolute atomic E-state index is 13.1. The Bertz CT molecular complexity index is 2220. The minimum atomic E-state index is -1.48. The van der Waals surface area contributed by atoms with Crippen molar-refractivity contribution in [1.29, 1.82) is 0 Å². The third kappa shape index (κ3) is 19.8. The molecule has 0 bridgehead atoms. The zero-order valence-corrected chi connectivity index (χ0v) is 46.3. The van der Waals surface area contributed by atoms with Gasteiger partial charge < -0.3 is 35.7 Å². The summed E-state index contributed by atoms with van der Waals surface area (Å²) in [6.07, 6.45) is 18.6. The number of ether oxygens (including phenoxy) is 2. The molecule has 0 radical (unpaired) electrons. The maximum atomic E-state index is 13.1. The first-order valence-corrected chi connectivity index (χ1v) is 25.7. The van der Waals surface area contributed by atoms with Gasteiger partial charge in [-0.15, -0.1) is 30.0 Å². The molecule has 1 aromatic heterocycles. The summed E-state index contributed by atoms with van der Waals surface area (Å²) in [5, 5.41) is 36.2. The van der Waals surface area contributed by atoms with E-state index in [1.165, 1.54) is 37.1 Å². The van der Waals surface area contributed by atoms with Gasteiger partial charge in [0, 0.05) is 36.2 Å². The minimum absolute atomic E-state index is 0. The maximum Gasteiger partial charge on any atom is 1.00 e. The Balaban J connectivity index is 0. The summed E-state index contributed by atoms with van der Waals surface area (Å²) in [5.74, 6) is 10.5. The Labute approximate surface area is 450 Å². The molecule has 1 saturated heterocycles. The van der Waals surface area contributed by atoms with Gasteiger partial charge in [-0.25, -0.2) is 13.5 Å². The normalized spacial score (nSPS) is 23.1. The first-order valence-electron chi connectivity index (χ1n) is 22.2. The van der Waals surface area contributed by atoms with Crippen molar-refractivity contribution in [3.8, 4) is 29.5 Å². The van der Waals surface area contributed by atoms with Crippen LogP contribution in [0, 0.1) is 46.3 Å². The van der Waals surface area contributed by atoms with Gasteiger partial charge in [0.25, 0.3) is 6.47 Å². The van der Waals surface area contributed by atoms with Crippen LogP contribution in [0.3, 0.4) is 0 Å². The Kier molecular flexibility index (Phi) is 29.6. The van der Waals surface area contributed by atoms with Crippen molar-refractivity contribution >= 4 is 44.5 Å². The van der Waals surface area contributed by atoms with Gasteiger partial charge in [-0.3, -0.25) is 15.4 Å². The topological polar surface area (TPSA) is 202 Å². The summed E-state index contributed by atoms with van der Waals surface area (Å²) >= 11 is 0. The molecule has 1 aliphatic heterocycles. The number of carbonyl (C=O) groups is 2. The molecule has 6 N–H and O–H groups in total. The summed E-state index contributed by atoms with van der Waals surface area (Å²) in [4.78, 5) is 20.7. The number of halogens is 3. The molecule has 2 heterocycles. The standard InChI is InChI=1S/C19H17FN2O.C15H22O2Si.C6H7FN2.C4H8O.C4H9O.C3H6O2.ClH.Li.Na.H2O/c1-3-19(23)9-8-14-10-17-13(11-18(14,19)2)12-21-22(17)16-6-4-15(20)5-7-16;1-14-7-6-13(16)11-12(14)5-8-15(14,17)9-10-18(2,3)4;7-5-1-3-6(9-8)4-2-5;1-2-4-5-3-1;1-4(2,3)5;1-2-5-3-4;;;;/h1,4-7,10,12,23H,8-9,11H2,2H3;11,17H,5-8H2,1-4H3;1-4,9H,8H2;1-4H2;1-3H3;3H,2H2,1H3;1H;;;1H2/q;;;;-1;;;2*+1;/p-1/t18-,19-;14-,15+;;;;;;;;/m00......../s1. The van der Waals surface area contributed by atoms with E-state index in [0.717, 1.165) is 60.6 Å². The molecule has 2 aromatic carbocycles. The van der Waals surface area contributed by atoms with Gasteiger partial charge in [0.05, 0.1) is 24.2 Å². The SMILES string of the molecule is C#C[C@]1(O)CCC2=Cc3c(cnn3-c3ccc(F)cc3)C[C@@]21C.C1CCOC1.CC(C)(C)[O-].CCOC=O.C[C@]12CCC(=O)C=C1CC[C@@]2(O)C#C[Si](C)(C)C.Cl.NNc1ccc(F)cc1.[Li+].[Na+].[OH-]. The summed E-state index contributed by atoms with van der Waals surface area (Å²) in [6.45, 7) is 20.2. The van der Waals surface area contributed by atoms with Crippen LogP contribution < -0.4 is 64.8 Å². The number of fused-ring (bicyclic) bond motifs is 3. The van der Waals surface area contributed by atoms with Crippen LogP contribution in [0.2, 0.25) is 19.6 Å². The summed E-state index contributed by atoms with van der Waals surface area (Å²) < 4.78 is 36.2. The molecule has 3 aromatic rings. The van der Waals surface area contributed by atoms with Crippen molar-refractivity contribution in [3.05, 3.63) is 94.8 Å². The summed E-state index contributed by atoms with van der Waals surface area (Å²) in [5.41, 5.74) is 7.98. The zero-order valence-electron chi connectivity index (χ0n) is 42.5. The van der Waals surface area contributed by atoms with E-state index in [4.69, 9.17) is 17.0 Å². The van der Waals surface area contributed by atoms with E-state index in [0.29, 0.717) is 44.4 Å². The Morgan fingerprint density at radius 3 is 1.88 bits per heavy atom. The number of nitrogens with two attached hydrogens (primary N) is 1. The van der Waals surface area contributed by atoms with Crippen molar-refractivity contribution in [1.82, 2.24) is 9.78 Å². The van der Waals surface area contributed by atoms with Gasteiger partial charge in [0.2, 0.25) is 0 Å². The number of rotatable bonds is 4. The van der Waals surface area contributed by atoms with E-state index in [1.807, 2.05) is 17.8 Å². The second-order valence-corrected chi connectivity index (χ2v) is 23.8. The molecule has 4 atom stereocenters. The van der Waals surface area contributed by atoms with Crippen LogP contribution in [-0.2, 0) is 25.5 Å². The average molecular weight is 1000 g/mol. The molecular formula is C51H71ClF2LiN4NaO8Si. The molecule has 3 fully saturated rings. The quantitative estimate of drug-likeness (QED) is 0.0983. The van der Waals surface area contributed by atoms with Gasteiger partial charge in [-0.05, 0) is 125 Å². The molecular weight excluding hydrogens is 928 g/mol. The summed E-state index contributed by atoms with van der Waals surface area (Å²) in [7, 11) is -1.48. The Morgan fingerprint density at radius 1 is 0.942 bits per heavy atom. The molecule has 18 heteroatoms. The number of anilines is 1. The number of benzene rings is 2. The van der Waals surface area contributed by atoms with Crippen LogP contribution in [0.4, 0.5) is 14.5 Å². The van der Waals surface area contributed by atoms with Crippen LogP contribution in [0.5, 0.6) is 0 Å². The second kappa shape index (κ2) is 30.1. The molecule has 0 amide bonds. The zero-order chi connectivity index (χ0) is 48.7. The van der Waals surface area contributed by atoms with E-state index >= 15 is 0 Å². The first-order chi connectivity index (χ1) is 30.4. The molecule has 2 saturated carbocycles. The summed E-state index contributed by atoms with van der Waals surface area (Å²) in [6, 6.07) is 12.1. The van der Waals surface area contributed by atoms with Crippen LogP contribution in [0.1, 0.15) is 104 Å². The number of nitrogen functional groups attached to an aromatic ring is 1. The third-order valence-corrected chi connectivity index (χ3v) is 12.6. The number of terminal acetylenes is 1. The number of carbonyl (C=O) groups excluding carboxylic acids is 2. The number of aromatic nitrogens is 2. The van der Waals surface area contributed by atoms with Crippen LogP contribution >= 0.6 is 12.4 Å². The molecule has 5 aliphatic rings. The van der Waals surface area contributed by atoms with Crippen molar-refractivity contribution in [2.24, 2.45) is 16.7 Å². The van der Waals surface area contributed by atoms with Gasteiger partial charge in [-0.2, -0.15) is 5.10 Å². The van der Waals surface area contributed by atoms with Crippen molar-refractivity contribution in [2.75, 3.05) is 25.2 Å². The number of aliphatic hydroxyl groups is 2. The van der Waals surface area contributed by atoms with Crippen molar-refractivity contribution in [2.45, 2.75) is 136 Å². The van der Waals surface area contributed by atoms with Crippen LogP contribution in [0.25, 0.3) is 11.8 Å². The van der Waals surface area contributed by atoms with Crippen LogP contribution in [0.15, 0.2) is 72.0 Å². The van der Waals surface area contributed by atoms with Crippen LogP contribution in [-0.4, -0.2) is 82.4 Å². The smallest absolute Gasteiger partial charge is 0.870 e. The number of nitrogens with zero attached hydrogens (tertiary/aromatic N) is 2. The molecule has 69 heavy (non-hydrogen) atoms. The van der Waals surface area contributed by atoms with Gasteiger partial charge in [-0.1, -0.05) is 77.2 Å². The fraction of sp³-hybridized carbons (Fsp3) is 0.510. The third-order valence-electron chi connectivity index (χ3n) is 11.7. The molecule has 370 valence electrons. The number of hydrogen-bond acceptors (Lipinski definition) is 11. The number of hydrogen-bond donors (Lipinski definition) is 4. The number of nitrogens with one attached hydrogen (secondary N) is 1. The largest absolute Gasteiger partial charge is 1.00 e. The molecule has 12 nitrogen and oxygen atoms in total. The van der Waals surface area contributed by atoms with Crippen molar-refractivity contribution < 1.29 is 97.1 Å². The molecule has 0 unspecified atom stereocenters. The first kappa shape index (κ1) is 68.0. The van der Waals surface area contributed by atoms with E-state index in [9.17, 15) is 33.7 Å². The fourth-order valence-corrected chi connectivity index (χ4v) is 8.44. The van der Waals surface area contributed by atoms with E-state index < -0.39 is 30.3 Å². The van der Waals surface area contributed by atoms with Crippen molar-refractivity contribution in [3.63, 3.8) is 0 Å². The Morgan fingerprint density at radius 2 is 1.45 bits per heavy atom. The van der Waals surface area contributed by atoms with Gasteiger partial charge >= 0.3 is 48.4 Å². The van der Waals surface area contributed by atoms with Gasteiger partial charge in [0.15, 0.2) is 5.78 Å². The monoisotopic (exact) mass is 998 g/mol. The van der Waals surface area contributed by atoms with E-state index in [-0.39, 0.29) is 89.1 Å². The predicted molar refractivity (Wildman–Crippen MR) is 263 cm³/mol. The molecule has 4 aliphatic carbocycles. The van der Waals surface area contributed by atoms with Gasteiger partial charge in [0.1, 0.15) is 30.9 Å². The number of allylic oxidation sites excluding steroid dienone is 1. The minimum Gasteiger partial charge on any atom is -0.870 e. The Hall–Kier alpha value is -3.09.